The van der Waals surface area contributed by atoms with Gasteiger partial charge < -0.3 is 4.81 Å². The third kappa shape index (κ3) is 7.68. The minimum Gasteiger partial charge on any atom is -0.347 e. The molecule has 0 radical (unpaired) electrons. The topological polar surface area (TPSA) is 3.24 Å². The van der Waals surface area contributed by atoms with Gasteiger partial charge in [0.1, 0.15) is 0 Å². The first-order chi connectivity index (χ1) is 12.1. The molecule has 0 aliphatic heterocycles. The molecular weight excluding hydrogens is 324 g/mol. The van der Waals surface area contributed by atoms with Crippen LogP contribution >= 0.6 is 0 Å². The summed E-state index contributed by atoms with van der Waals surface area (Å²) in [6.45, 7) is 22.9. The number of rotatable bonds is 8. The molecule has 0 heterocycles. The molecule has 152 valence electrons. The third-order valence-electron chi connectivity index (χ3n) is 6.31. The minimum absolute atomic E-state index is 0.280. The summed E-state index contributed by atoms with van der Waals surface area (Å²) in [7, 11) is 4.47. The second kappa shape index (κ2) is 9.21. The lowest BCUT2D eigenvalue weighted by Crippen LogP contribution is -2.44. The van der Waals surface area contributed by atoms with Crippen LogP contribution in [0.15, 0.2) is 30.3 Å². The summed E-state index contributed by atoms with van der Waals surface area (Å²) in [6.07, 6.45) is 3.82. The van der Waals surface area contributed by atoms with Crippen molar-refractivity contribution in [1.29, 1.82) is 0 Å². The Morgan fingerprint density at radius 1 is 0.852 bits per heavy atom. The summed E-state index contributed by atoms with van der Waals surface area (Å²) >= 11 is 0. The Bertz CT molecular complexity index is 552. The van der Waals surface area contributed by atoms with Crippen LogP contribution in [0.1, 0.15) is 75.2 Å². The molecule has 1 aromatic rings. The van der Waals surface area contributed by atoms with E-state index in [2.05, 4.69) is 112 Å². The molecule has 1 unspecified atom stereocenters. The van der Waals surface area contributed by atoms with Crippen LogP contribution in [0.2, 0.25) is 22.8 Å². The van der Waals surface area contributed by atoms with Crippen molar-refractivity contribution in [3.63, 3.8) is 0 Å². The van der Waals surface area contributed by atoms with Crippen molar-refractivity contribution in [2.24, 2.45) is 5.41 Å². The molecule has 0 aromatic heterocycles. The second-order valence-electron chi connectivity index (χ2n) is 12.0. The van der Waals surface area contributed by atoms with Crippen LogP contribution in [0.3, 0.4) is 0 Å². The fourth-order valence-electron chi connectivity index (χ4n) is 5.02. The summed E-state index contributed by atoms with van der Waals surface area (Å²) in [6, 6.07) is 11.1. The van der Waals surface area contributed by atoms with Crippen LogP contribution in [-0.4, -0.2) is 32.5 Å². The highest BCUT2D eigenvalue weighted by Gasteiger charge is 2.38. The van der Waals surface area contributed by atoms with Gasteiger partial charge in [0.05, 0.1) is 0 Å². The Hall–Kier alpha value is -0.690. The van der Waals surface area contributed by atoms with Crippen LogP contribution in [0.4, 0.5) is 0 Å². The first-order valence-corrected chi connectivity index (χ1v) is 10.9. The number of nitrogens with zero attached hydrogens (tertiary/aromatic N) is 1. The molecule has 1 atom stereocenters. The van der Waals surface area contributed by atoms with Crippen LogP contribution in [-0.2, 0) is 0 Å². The van der Waals surface area contributed by atoms with E-state index in [1.165, 1.54) is 24.6 Å². The average Bonchev–Trinajstić information content (AvgIpc) is 2.49. The summed E-state index contributed by atoms with van der Waals surface area (Å²) in [5.41, 5.74) is 1.85. The summed E-state index contributed by atoms with van der Waals surface area (Å²) in [4.78, 5) is 2.42. The van der Waals surface area contributed by atoms with Gasteiger partial charge in [-0.1, -0.05) is 122 Å². The van der Waals surface area contributed by atoms with Gasteiger partial charge in [-0.2, -0.15) is 0 Å². The SMILES string of the molecule is CC(CCC(C)(C)CB(N(C)C)C(C)(C)C)B(c1ccccc1)C(C)(C)C. The van der Waals surface area contributed by atoms with E-state index in [1.807, 2.05) is 0 Å². The predicted molar refractivity (Wildman–Crippen MR) is 128 cm³/mol. The van der Waals surface area contributed by atoms with E-state index in [4.69, 9.17) is 0 Å². The van der Waals surface area contributed by atoms with Crippen molar-refractivity contribution >= 4 is 19.0 Å². The molecule has 0 saturated carbocycles. The Kier molecular flexibility index (Phi) is 8.30. The molecule has 0 fully saturated rings. The Balaban J connectivity index is 2.86. The zero-order chi connectivity index (χ0) is 21.0. The van der Waals surface area contributed by atoms with E-state index in [-0.39, 0.29) is 5.31 Å². The summed E-state index contributed by atoms with van der Waals surface area (Å²) < 4.78 is 0. The molecular formula is C24H45B2N. The van der Waals surface area contributed by atoms with Gasteiger partial charge in [-0.15, -0.1) is 0 Å². The fraction of sp³-hybridized carbons (Fsp3) is 0.750. The van der Waals surface area contributed by atoms with E-state index in [0.717, 1.165) is 0 Å². The van der Waals surface area contributed by atoms with E-state index in [9.17, 15) is 0 Å². The molecule has 0 saturated heterocycles. The highest BCUT2D eigenvalue weighted by molar-refractivity contribution is 6.77. The van der Waals surface area contributed by atoms with Gasteiger partial charge in [0.15, 0.2) is 6.71 Å². The van der Waals surface area contributed by atoms with Crippen molar-refractivity contribution in [1.82, 2.24) is 4.81 Å². The molecule has 0 spiro atoms. The lowest BCUT2D eigenvalue weighted by molar-refractivity contribution is 0.346. The zero-order valence-corrected chi connectivity index (χ0v) is 20.2. The van der Waals surface area contributed by atoms with E-state index >= 15 is 0 Å². The molecule has 0 aliphatic carbocycles. The van der Waals surface area contributed by atoms with Gasteiger partial charge in [0, 0.05) is 0 Å². The molecule has 27 heavy (non-hydrogen) atoms. The van der Waals surface area contributed by atoms with Crippen LogP contribution in [0, 0.1) is 5.41 Å². The second-order valence-corrected chi connectivity index (χ2v) is 12.0. The fourth-order valence-corrected chi connectivity index (χ4v) is 5.02. The largest absolute Gasteiger partial charge is 0.347 e. The van der Waals surface area contributed by atoms with Crippen molar-refractivity contribution in [2.45, 2.75) is 97.9 Å². The van der Waals surface area contributed by atoms with Gasteiger partial charge in [0.25, 0.3) is 0 Å². The van der Waals surface area contributed by atoms with E-state index in [0.29, 0.717) is 30.1 Å². The van der Waals surface area contributed by atoms with Gasteiger partial charge in [-0.25, -0.2) is 0 Å². The maximum atomic E-state index is 2.47. The minimum atomic E-state index is 0.280. The smallest absolute Gasteiger partial charge is 0.228 e. The highest BCUT2D eigenvalue weighted by atomic mass is 15.0. The lowest BCUT2D eigenvalue weighted by atomic mass is 9.25. The average molecular weight is 369 g/mol. The Labute approximate surface area is 171 Å². The van der Waals surface area contributed by atoms with Crippen molar-refractivity contribution in [3.05, 3.63) is 30.3 Å². The molecule has 0 N–H and O–H groups in total. The summed E-state index contributed by atoms with van der Waals surface area (Å²) in [5, 5.41) is 0.590. The Morgan fingerprint density at radius 3 is 1.78 bits per heavy atom. The van der Waals surface area contributed by atoms with Crippen molar-refractivity contribution in [2.75, 3.05) is 14.1 Å². The van der Waals surface area contributed by atoms with Crippen LogP contribution in [0.25, 0.3) is 0 Å². The number of hydrogen-bond acceptors (Lipinski definition) is 1. The standard InChI is InChI=1S/C24H45B2N/c1-20(26(23(5,6)7)21-15-13-12-14-16-21)17-18-24(8,9)19-25(27(10)11)22(2,3)4/h12-16,20H,17-19H2,1-11H3. The lowest BCUT2D eigenvalue weighted by Gasteiger charge is -2.39. The summed E-state index contributed by atoms with van der Waals surface area (Å²) in [5.74, 6) is 0.680. The molecule has 1 aromatic carbocycles. The monoisotopic (exact) mass is 369 g/mol. The van der Waals surface area contributed by atoms with Gasteiger partial charge >= 0.3 is 0 Å². The third-order valence-corrected chi connectivity index (χ3v) is 6.31. The van der Waals surface area contributed by atoms with E-state index < -0.39 is 0 Å². The van der Waals surface area contributed by atoms with Crippen LogP contribution in [0.5, 0.6) is 0 Å². The van der Waals surface area contributed by atoms with Gasteiger partial charge in [-0.3, -0.25) is 0 Å². The maximum absolute atomic E-state index is 2.47. The Morgan fingerprint density at radius 2 is 1.37 bits per heavy atom. The normalized spacial score (nSPS) is 14.4. The molecule has 0 amide bonds. The highest BCUT2D eigenvalue weighted by Crippen LogP contribution is 2.42. The first kappa shape index (κ1) is 24.3. The number of benzene rings is 1. The quantitative estimate of drug-likeness (QED) is 0.459. The van der Waals surface area contributed by atoms with Crippen LogP contribution < -0.4 is 5.46 Å². The van der Waals surface area contributed by atoms with Crippen molar-refractivity contribution in [3.8, 4) is 0 Å². The van der Waals surface area contributed by atoms with Crippen molar-refractivity contribution < 1.29 is 0 Å². The molecule has 0 aliphatic rings. The maximum Gasteiger partial charge on any atom is 0.228 e. The zero-order valence-electron chi connectivity index (χ0n) is 20.2. The molecule has 1 nitrogen and oxygen atoms in total. The van der Waals surface area contributed by atoms with Gasteiger partial charge in [-0.05, 0) is 31.2 Å². The first-order valence-electron chi connectivity index (χ1n) is 10.9. The number of hydrogen-bond donors (Lipinski definition) is 0. The predicted octanol–water partition coefficient (Wildman–Crippen LogP) is 6.74. The van der Waals surface area contributed by atoms with Gasteiger partial charge in [0.2, 0.25) is 6.85 Å². The van der Waals surface area contributed by atoms with E-state index in [1.54, 1.807) is 0 Å². The molecule has 3 heteroatoms. The molecule has 1 rings (SSSR count). The molecule has 0 bridgehead atoms.